The van der Waals surface area contributed by atoms with Crippen LogP contribution in [0.25, 0.3) is 0 Å². The number of pyridine rings is 1. The fourth-order valence-corrected chi connectivity index (χ4v) is 5.70. The van der Waals surface area contributed by atoms with Gasteiger partial charge in [0.2, 0.25) is 5.91 Å². The predicted molar refractivity (Wildman–Crippen MR) is 149 cm³/mol. The number of fused-ring (bicyclic) bond motifs is 1. The molecule has 9 heteroatoms. The van der Waals surface area contributed by atoms with Crippen LogP contribution in [0, 0.1) is 5.92 Å². The average molecular weight is 534 g/mol. The zero-order valence-corrected chi connectivity index (χ0v) is 22.5. The van der Waals surface area contributed by atoms with Gasteiger partial charge in [-0.1, -0.05) is 24.3 Å². The summed E-state index contributed by atoms with van der Waals surface area (Å²) in [6.07, 6.45) is 7.89. The molecule has 9 nitrogen and oxygen atoms in total. The summed E-state index contributed by atoms with van der Waals surface area (Å²) in [5.41, 5.74) is 3.87. The topological polar surface area (TPSA) is 124 Å². The Morgan fingerprint density at radius 3 is 2.77 bits per heavy atom. The van der Waals surface area contributed by atoms with Crippen molar-refractivity contribution in [1.29, 1.82) is 0 Å². The third-order valence-electron chi connectivity index (χ3n) is 8.04. The summed E-state index contributed by atoms with van der Waals surface area (Å²) in [5.74, 6) is -0.519. The SMILES string of the molecule is O=C(N[C@@H](CNC(=O)[C@@H]1CCCN(CCCc2ccc3c(n2)NCCC3)C1)C(=O)O)c1ccccc1C1CC1. The molecule has 4 N–H and O–H groups in total. The van der Waals surface area contributed by atoms with Crippen LogP contribution in [0.1, 0.15) is 71.6 Å². The van der Waals surface area contributed by atoms with Gasteiger partial charge in [-0.25, -0.2) is 9.78 Å². The molecule has 1 aromatic heterocycles. The number of nitrogens with zero attached hydrogens (tertiary/aromatic N) is 2. The number of amides is 2. The molecule has 2 aliphatic heterocycles. The molecule has 0 bridgehead atoms. The van der Waals surface area contributed by atoms with Crippen LogP contribution in [-0.4, -0.2) is 71.5 Å². The van der Waals surface area contributed by atoms with Gasteiger partial charge in [0.05, 0.1) is 5.92 Å². The van der Waals surface area contributed by atoms with E-state index >= 15 is 0 Å². The van der Waals surface area contributed by atoms with Gasteiger partial charge < -0.3 is 26.0 Å². The summed E-state index contributed by atoms with van der Waals surface area (Å²) in [7, 11) is 0. The molecule has 208 valence electrons. The first-order valence-electron chi connectivity index (χ1n) is 14.3. The molecule has 1 aliphatic carbocycles. The van der Waals surface area contributed by atoms with E-state index in [0.717, 1.165) is 88.1 Å². The van der Waals surface area contributed by atoms with Crippen LogP contribution in [0.4, 0.5) is 5.82 Å². The number of hydrogen-bond acceptors (Lipinski definition) is 6. The summed E-state index contributed by atoms with van der Waals surface area (Å²) < 4.78 is 0. The van der Waals surface area contributed by atoms with Crippen molar-refractivity contribution in [3.8, 4) is 0 Å². The number of benzene rings is 1. The Kier molecular flexibility index (Phi) is 8.76. The minimum atomic E-state index is -1.19. The van der Waals surface area contributed by atoms with E-state index in [9.17, 15) is 19.5 Å². The summed E-state index contributed by atoms with van der Waals surface area (Å²) in [5, 5.41) is 18.5. The van der Waals surface area contributed by atoms with Crippen molar-refractivity contribution in [2.24, 2.45) is 5.92 Å². The van der Waals surface area contributed by atoms with Crippen LogP contribution in [0.5, 0.6) is 0 Å². The number of carboxylic acids is 1. The maximum absolute atomic E-state index is 12.9. The summed E-state index contributed by atoms with van der Waals surface area (Å²) in [4.78, 5) is 44.8. The zero-order chi connectivity index (χ0) is 27.2. The Labute approximate surface area is 229 Å². The van der Waals surface area contributed by atoms with Gasteiger partial charge in [-0.2, -0.15) is 0 Å². The highest BCUT2D eigenvalue weighted by Crippen LogP contribution is 2.41. The van der Waals surface area contributed by atoms with E-state index < -0.39 is 17.9 Å². The molecular formula is C30H39N5O4. The molecular weight excluding hydrogens is 494 g/mol. The van der Waals surface area contributed by atoms with Gasteiger partial charge in [0, 0.05) is 30.9 Å². The zero-order valence-electron chi connectivity index (χ0n) is 22.5. The first-order valence-corrected chi connectivity index (χ1v) is 14.3. The number of carbonyl (C=O) groups excluding carboxylic acids is 2. The predicted octanol–water partition coefficient (Wildman–Crippen LogP) is 2.96. The van der Waals surface area contributed by atoms with Gasteiger partial charge >= 0.3 is 5.97 Å². The molecule has 1 saturated carbocycles. The number of aliphatic carboxylic acids is 1. The normalized spacial score (nSPS) is 19.8. The molecule has 3 aliphatic rings. The average Bonchev–Trinajstić information content (AvgIpc) is 3.80. The molecule has 0 radical (unpaired) electrons. The number of rotatable bonds is 11. The molecule has 2 fully saturated rings. The van der Waals surface area contributed by atoms with Crippen molar-refractivity contribution < 1.29 is 19.5 Å². The van der Waals surface area contributed by atoms with Gasteiger partial charge in [-0.3, -0.25) is 9.59 Å². The Morgan fingerprint density at radius 1 is 1.10 bits per heavy atom. The molecule has 2 atom stereocenters. The Bertz CT molecular complexity index is 1200. The van der Waals surface area contributed by atoms with Gasteiger partial charge in [0.15, 0.2) is 0 Å². The maximum atomic E-state index is 12.9. The lowest BCUT2D eigenvalue weighted by Gasteiger charge is -2.32. The number of nitrogens with one attached hydrogen (secondary N) is 3. The van der Waals surface area contributed by atoms with E-state index in [1.807, 2.05) is 12.1 Å². The molecule has 1 saturated heterocycles. The number of piperidine rings is 1. The molecule has 0 unspecified atom stereocenters. The maximum Gasteiger partial charge on any atom is 0.328 e. The minimum absolute atomic E-state index is 0.139. The summed E-state index contributed by atoms with van der Waals surface area (Å²) in [6, 6.07) is 10.5. The van der Waals surface area contributed by atoms with Crippen LogP contribution < -0.4 is 16.0 Å². The number of carbonyl (C=O) groups is 3. The number of aromatic nitrogens is 1. The van der Waals surface area contributed by atoms with Crippen molar-refractivity contribution in [2.45, 2.75) is 63.3 Å². The van der Waals surface area contributed by atoms with Crippen molar-refractivity contribution in [2.75, 3.05) is 38.0 Å². The van der Waals surface area contributed by atoms with E-state index in [1.54, 1.807) is 12.1 Å². The van der Waals surface area contributed by atoms with E-state index in [4.69, 9.17) is 4.98 Å². The molecule has 39 heavy (non-hydrogen) atoms. The molecule has 5 rings (SSSR count). The van der Waals surface area contributed by atoms with Crippen molar-refractivity contribution >= 4 is 23.6 Å². The number of carboxylic acid groups (broad SMARTS) is 1. The molecule has 3 heterocycles. The number of likely N-dealkylation sites (tertiary alicyclic amines) is 1. The third-order valence-corrected chi connectivity index (χ3v) is 8.04. The van der Waals surface area contributed by atoms with E-state index in [0.29, 0.717) is 18.0 Å². The molecule has 1 aromatic carbocycles. The lowest BCUT2D eigenvalue weighted by atomic mass is 9.96. The third kappa shape index (κ3) is 7.15. The first-order chi connectivity index (χ1) is 19.0. The van der Waals surface area contributed by atoms with Crippen LogP contribution in [0.15, 0.2) is 36.4 Å². The van der Waals surface area contributed by atoms with Gasteiger partial charge in [-0.15, -0.1) is 0 Å². The van der Waals surface area contributed by atoms with E-state index in [2.05, 4.69) is 33.0 Å². The Balaban J connectivity index is 1.08. The van der Waals surface area contributed by atoms with E-state index in [-0.39, 0.29) is 18.4 Å². The number of hydrogen-bond donors (Lipinski definition) is 4. The largest absolute Gasteiger partial charge is 0.480 e. The molecule has 0 spiro atoms. The second-order valence-electron chi connectivity index (χ2n) is 11.1. The highest BCUT2D eigenvalue weighted by molar-refractivity contribution is 5.98. The van der Waals surface area contributed by atoms with Crippen LogP contribution in [0.3, 0.4) is 0 Å². The first kappa shape index (κ1) is 27.1. The summed E-state index contributed by atoms with van der Waals surface area (Å²) >= 11 is 0. The fourth-order valence-electron chi connectivity index (χ4n) is 5.70. The van der Waals surface area contributed by atoms with Crippen molar-refractivity contribution in [3.05, 3.63) is 58.8 Å². The molecule has 2 amide bonds. The van der Waals surface area contributed by atoms with Gasteiger partial charge in [0.1, 0.15) is 11.9 Å². The highest BCUT2D eigenvalue weighted by Gasteiger charge is 2.30. The van der Waals surface area contributed by atoms with Crippen LogP contribution in [-0.2, 0) is 22.4 Å². The Hall–Kier alpha value is -3.46. The quantitative estimate of drug-likeness (QED) is 0.350. The standard InChI is InChI=1S/C30H39N5O4/c36-28(32-18-26(30(38)39)34-29(37)25-10-2-1-9-24(25)20-11-12-20)22-7-4-16-35(19-22)17-5-8-23-14-13-21-6-3-15-31-27(21)33-23/h1-2,9-10,13-14,20,22,26H,3-8,11-12,15-19H2,(H,31,33)(H,32,36)(H,34,37)(H,38,39)/t22-,26+/m1/s1. The number of anilines is 1. The second kappa shape index (κ2) is 12.6. The minimum Gasteiger partial charge on any atom is -0.480 e. The summed E-state index contributed by atoms with van der Waals surface area (Å²) in [6.45, 7) is 3.35. The highest BCUT2D eigenvalue weighted by atomic mass is 16.4. The smallest absolute Gasteiger partial charge is 0.328 e. The Morgan fingerprint density at radius 2 is 1.95 bits per heavy atom. The fraction of sp³-hybridized carbons (Fsp3) is 0.533. The molecule has 2 aromatic rings. The lowest BCUT2D eigenvalue weighted by molar-refractivity contribution is -0.139. The van der Waals surface area contributed by atoms with E-state index in [1.165, 1.54) is 5.56 Å². The number of aryl methyl sites for hydroxylation is 2. The lowest BCUT2D eigenvalue weighted by Crippen LogP contribution is -2.51. The van der Waals surface area contributed by atoms with Gasteiger partial charge in [0.25, 0.3) is 5.91 Å². The van der Waals surface area contributed by atoms with Crippen molar-refractivity contribution in [3.63, 3.8) is 0 Å². The van der Waals surface area contributed by atoms with Crippen LogP contribution >= 0.6 is 0 Å². The van der Waals surface area contributed by atoms with Crippen molar-refractivity contribution in [1.82, 2.24) is 20.5 Å². The second-order valence-corrected chi connectivity index (χ2v) is 11.1. The van der Waals surface area contributed by atoms with Gasteiger partial charge in [-0.05, 0) is 93.6 Å². The monoisotopic (exact) mass is 533 g/mol. The van der Waals surface area contributed by atoms with Crippen LogP contribution in [0.2, 0.25) is 0 Å².